The minimum Gasteiger partial charge on any atom is -0.469 e. The van der Waals surface area contributed by atoms with Gasteiger partial charge in [0.1, 0.15) is 29.6 Å². The minimum absolute atomic E-state index is 0.0784. The van der Waals surface area contributed by atoms with Crippen LogP contribution in [0.1, 0.15) is 74.2 Å². The molecule has 0 aliphatic carbocycles. The zero-order valence-corrected chi connectivity index (χ0v) is 26.7. The summed E-state index contributed by atoms with van der Waals surface area (Å²) < 4.78 is 58.8. The number of alkyl halides is 3. The third kappa shape index (κ3) is 5.24. The zero-order chi connectivity index (χ0) is 34.1. The highest BCUT2D eigenvalue weighted by Gasteiger charge is 2.61. The number of ketones is 1. The van der Waals surface area contributed by atoms with Crippen LogP contribution in [0, 0.1) is 17.8 Å². The van der Waals surface area contributed by atoms with Crippen LogP contribution in [0.15, 0.2) is 57.6 Å². The summed E-state index contributed by atoms with van der Waals surface area (Å²) in [5.74, 6) is -1.60. The van der Waals surface area contributed by atoms with Gasteiger partial charge in [-0.1, -0.05) is 58.0 Å². The number of para-hydroxylation sites is 1. The molecule has 2 aromatic heterocycles. The highest BCUT2D eigenvalue weighted by molar-refractivity contribution is 5.89. The fourth-order valence-corrected chi connectivity index (χ4v) is 7.00. The summed E-state index contributed by atoms with van der Waals surface area (Å²) in [5.41, 5.74) is 1.54. The largest absolute Gasteiger partial charge is 0.469 e. The number of hydrogen-bond donors (Lipinski definition) is 3. The molecule has 1 amide bonds. The normalized spacial score (nSPS) is 23.5. The summed E-state index contributed by atoms with van der Waals surface area (Å²) in [4.78, 5) is 36.1. The van der Waals surface area contributed by atoms with Crippen molar-refractivity contribution in [2.75, 3.05) is 5.32 Å². The van der Waals surface area contributed by atoms with Gasteiger partial charge >= 0.3 is 6.18 Å². The Morgan fingerprint density at radius 2 is 1.85 bits per heavy atom. The molecular formula is C35H35F3N4O6. The molecule has 10 nitrogen and oxygen atoms in total. The number of benzene rings is 2. The number of carbonyl (C=O) groups is 2. The molecule has 48 heavy (non-hydrogen) atoms. The summed E-state index contributed by atoms with van der Waals surface area (Å²) in [7, 11) is 0. The lowest BCUT2D eigenvalue weighted by Gasteiger charge is -2.28. The van der Waals surface area contributed by atoms with Crippen molar-refractivity contribution in [2.24, 2.45) is 17.8 Å². The van der Waals surface area contributed by atoms with E-state index in [1.54, 1.807) is 19.9 Å². The van der Waals surface area contributed by atoms with E-state index in [1.807, 2.05) is 50.2 Å². The Labute approximate surface area is 274 Å². The molecule has 5 heterocycles. The number of ether oxygens (including phenoxy) is 1. The second-order valence-electron chi connectivity index (χ2n) is 13.5. The van der Waals surface area contributed by atoms with Gasteiger partial charge in [-0.3, -0.25) is 9.59 Å². The van der Waals surface area contributed by atoms with Gasteiger partial charge in [0.25, 0.3) is 0 Å². The number of nitrogens with one attached hydrogen (secondary N) is 2. The van der Waals surface area contributed by atoms with Crippen LogP contribution in [0.3, 0.4) is 0 Å². The molecule has 3 aliphatic heterocycles. The number of amides is 1. The maximum atomic E-state index is 14.0. The quantitative estimate of drug-likeness (QED) is 0.221. The zero-order valence-electron chi connectivity index (χ0n) is 26.7. The van der Waals surface area contributed by atoms with Crippen LogP contribution in [0.4, 0.5) is 18.9 Å². The predicted octanol–water partition coefficient (Wildman–Crippen LogP) is 5.87. The van der Waals surface area contributed by atoms with Crippen LogP contribution in [0.5, 0.6) is 5.75 Å². The standard InChI is InChI=1S/C35H35F3N4O6/c1-16(2)26-32-42-27(31-39-20(15-46-31)14-34(36,37)38)29(48-32)35-21-7-5-6-8-23(21)40-33(35)47-25-10-9-18(12-22(25)35)11-19(30(45)41-26)13-24(43)28(44)17(3)4/h5-10,12,15-17,19,26,28,33,40,44H,11,13-14H2,1-4H3,(H,41,45)/t19-,26+,28+,33+,35?/m1/s1. The predicted molar refractivity (Wildman–Crippen MR) is 166 cm³/mol. The number of aliphatic hydroxyl groups excluding tert-OH is 1. The smallest absolute Gasteiger partial charge is 0.394 e. The number of oxazole rings is 2. The Morgan fingerprint density at radius 1 is 1.08 bits per heavy atom. The van der Waals surface area contributed by atoms with Crippen molar-refractivity contribution in [1.29, 1.82) is 0 Å². The number of aromatic nitrogens is 2. The summed E-state index contributed by atoms with van der Waals surface area (Å²) in [5, 5.41) is 17.0. The van der Waals surface area contributed by atoms with E-state index in [1.165, 1.54) is 0 Å². The lowest BCUT2D eigenvalue weighted by molar-refractivity contribution is -0.135. The molecule has 2 aromatic carbocycles. The lowest BCUT2D eigenvalue weighted by Crippen LogP contribution is -2.41. The van der Waals surface area contributed by atoms with Gasteiger partial charge in [-0.2, -0.15) is 13.2 Å². The molecule has 4 bridgehead atoms. The van der Waals surface area contributed by atoms with Gasteiger partial charge in [-0.25, -0.2) is 9.97 Å². The average Bonchev–Trinajstić information content (AvgIpc) is 3.78. The minimum atomic E-state index is -4.51. The van der Waals surface area contributed by atoms with Gasteiger partial charge in [0, 0.05) is 23.6 Å². The van der Waals surface area contributed by atoms with Crippen molar-refractivity contribution < 1.29 is 41.4 Å². The molecule has 1 spiro atoms. The first kappa shape index (κ1) is 31.9. The topological polar surface area (TPSA) is 140 Å². The van der Waals surface area contributed by atoms with Gasteiger partial charge in [0.15, 0.2) is 23.5 Å². The van der Waals surface area contributed by atoms with Crippen LogP contribution < -0.4 is 15.4 Å². The van der Waals surface area contributed by atoms with Crippen LogP contribution in [-0.2, 0) is 27.8 Å². The second kappa shape index (κ2) is 11.5. The van der Waals surface area contributed by atoms with E-state index in [0.717, 1.165) is 23.1 Å². The highest BCUT2D eigenvalue weighted by atomic mass is 19.4. The van der Waals surface area contributed by atoms with E-state index < -0.39 is 54.0 Å². The van der Waals surface area contributed by atoms with E-state index in [-0.39, 0.29) is 53.6 Å². The molecular weight excluding hydrogens is 629 g/mol. The van der Waals surface area contributed by atoms with Gasteiger partial charge < -0.3 is 29.3 Å². The van der Waals surface area contributed by atoms with E-state index >= 15 is 0 Å². The third-order valence-electron chi connectivity index (χ3n) is 9.38. The molecule has 3 aliphatic rings. The lowest BCUT2D eigenvalue weighted by atomic mass is 9.72. The molecule has 5 atom stereocenters. The summed E-state index contributed by atoms with van der Waals surface area (Å²) in [6, 6.07) is 12.3. The van der Waals surface area contributed by atoms with Crippen molar-refractivity contribution in [3.8, 4) is 17.3 Å². The van der Waals surface area contributed by atoms with Crippen molar-refractivity contribution in [3.05, 3.63) is 82.8 Å². The van der Waals surface area contributed by atoms with Crippen molar-refractivity contribution >= 4 is 17.4 Å². The first-order chi connectivity index (χ1) is 22.8. The van der Waals surface area contributed by atoms with Crippen molar-refractivity contribution in [2.45, 2.75) is 76.9 Å². The van der Waals surface area contributed by atoms with Gasteiger partial charge in [0.05, 0.1) is 12.1 Å². The van der Waals surface area contributed by atoms with Crippen LogP contribution >= 0.6 is 0 Å². The van der Waals surface area contributed by atoms with Crippen LogP contribution in [-0.4, -0.2) is 45.3 Å². The number of rotatable bonds is 7. The number of anilines is 1. The highest BCUT2D eigenvalue weighted by Crippen LogP contribution is 2.59. The molecule has 252 valence electrons. The Hall–Kier alpha value is -4.65. The molecule has 0 saturated carbocycles. The van der Waals surface area contributed by atoms with E-state index in [4.69, 9.17) is 18.6 Å². The molecule has 4 aromatic rings. The van der Waals surface area contributed by atoms with Crippen LogP contribution in [0.25, 0.3) is 11.6 Å². The summed E-state index contributed by atoms with van der Waals surface area (Å²) >= 11 is 0. The molecule has 0 fully saturated rings. The van der Waals surface area contributed by atoms with E-state index in [9.17, 15) is 27.9 Å². The van der Waals surface area contributed by atoms with E-state index in [0.29, 0.717) is 11.3 Å². The molecule has 1 unspecified atom stereocenters. The first-order valence-electron chi connectivity index (χ1n) is 16.0. The number of hydrogen-bond acceptors (Lipinski definition) is 9. The average molecular weight is 665 g/mol. The van der Waals surface area contributed by atoms with Gasteiger partial charge in [-0.05, 0) is 41.5 Å². The Bertz CT molecular complexity index is 1900. The maximum absolute atomic E-state index is 14.0. The van der Waals surface area contributed by atoms with Gasteiger partial charge in [-0.15, -0.1) is 0 Å². The third-order valence-corrected chi connectivity index (χ3v) is 9.38. The Kier molecular flexibility index (Phi) is 7.65. The fourth-order valence-electron chi connectivity index (χ4n) is 7.00. The maximum Gasteiger partial charge on any atom is 0.394 e. The van der Waals surface area contributed by atoms with Crippen molar-refractivity contribution in [1.82, 2.24) is 15.3 Å². The molecule has 3 N–H and O–H groups in total. The van der Waals surface area contributed by atoms with Gasteiger partial charge in [0.2, 0.25) is 17.7 Å². The number of nitrogens with zero attached hydrogens (tertiary/aromatic N) is 2. The number of Topliss-reactive ketones (excluding diaryl/α,β-unsaturated/α-hetero) is 1. The van der Waals surface area contributed by atoms with E-state index in [2.05, 4.69) is 15.6 Å². The summed E-state index contributed by atoms with van der Waals surface area (Å²) in [6.45, 7) is 7.20. The van der Waals surface area contributed by atoms with Crippen LogP contribution in [0.2, 0.25) is 0 Å². The summed E-state index contributed by atoms with van der Waals surface area (Å²) in [6.07, 6.45) is -6.81. The molecule has 0 radical (unpaired) electrons. The second-order valence-corrected chi connectivity index (χ2v) is 13.5. The number of aliphatic hydroxyl groups is 1. The fraction of sp³-hybridized carbons (Fsp3) is 0.429. The number of halogens is 3. The SMILES string of the molecule is CC(C)[C@H](O)C(=O)C[C@H]1Cc2ccc3c(c2)C2(c4ccccc4N[C@H]2O3)c2oc(nc2-c2nc(CC(F)(F)F)co2)[C@H](C(C)C)NC1=O. The molecule has 13 heteroatoms. The molecule has 0 saturated heterocycles. The molecule has 7 rings (SSSR count). The van der Waals surface area contributed by atoms with Crippen molar-refractivity contribution in [3.63, 3.8) is 0 Å². The first-order valence-corrected chi connectivity index (χ1v) is 16.0. The Morgan fingerprint density at radius 3 is 2.58 bits per heavy atom. The number of carbonyl (C=O) groups excluding carboxylic acids is 2. The number of fused-ring (bicyclic) bond motifs is 4. The monoisotopic (exact) mass is 664 g/mol. The Balaban J connectivity index is 1.46.